The van der Waals surface area contributed by atoms with Gasteiger partial charge in [0, 0.05) is 0 Å². The molecule has 2 heterocycles. The molecule has 0 saturated heterocycles. The van der Waals surface area contributed by atoms with Gasteiger partial charge in [-0.05, 0) is 5.04 Å². The van der Waals surface area contributed by atoms with Crippen LogP contribution in [0.25, 0.3) is 11.2 Å². The Hall–Kier alpha value is -2.13. The Balaban J connectivity index is 2.65. The lowest BCUT2D eigenvalue weighted by Gasteiger charge is -1.88. The Kier molecular flexibility index (Phi) is 1.80. The third kappa shape index (κ3) is 1.26. The van der Waals surface area contributed by atoms with Crippen LogP contribution < -0.4 is 16.2 Å². The molecule has 0 aliphatic heterocycles. The fourth-order valence-electron chi connectivity index (χ4n) is 0.978. The van der Waals surface area contributed by atoms with Gasteiger partial charge in [0.2, 0.25) is 5.95 Å². The number of nitrogen functional groups attached to an aromatic ring is 1. The Morgan fingerprint density at radius 2 is 2.14 bits per heavy atom. The molecule has 0 fully saturated rings. The smallest absolute Gasteiger partial charge is 0.337 e. The van der Waals surface area contributed by atoms with Gasteiger partial charge >= 0.3 is 6.01 Å². The summed E-state index contributed by atoms with van der Waals surface area (Å²) in [7, 11) is 0. The normalized spacial score (nSPS) is 10.6. The highest BCUT2D eigenvalue weighted by Gasteiger charge is 2.09. The summed E-state index contributed by atoms with van der Waals surface area (Å²) in [5.41, 5.74) is 4.92. The molecule has 0 spiro atoms. The van der Waals surface area contributed by atoms with Gasteiger partial charge in [-0.15, -0.1) is 0 Å². The third-order valence-corrected chi connectivity index (χ3v) is 1.47. The highest BCUT2D eigenvalue weighted by molar-refractivity contribution is 5.70. The first kappa shape index (κ1) is 8.47. The average Bonchev–Trinajstić information content (AvgIpc) is 2.48. The molecule has 0 aliphatic carbocycles. The quantitative estimate of drug-likeness (QED) is 0.359. The van der Waals surface area contributed by atoms with Crippen LogP contribution in [0.2, 0.25) is 0 Å². The van der Waals surface area contributed by atoms with Gasteiger partial charge in [-0.3, -0.25) is 19.7 Å². The molecule has 0 aromatic carbocycles. The van der Waals surface area contributed by atoms with Gasteiger partial charge in [0.25, 0.3) is 5.56 Å². The van der Waals surface area contributed by atoms with Crippen molar-refractivity contribution in [1.82, 2.24) is 19.9 Å². The Morgan fingerprint density at radius 1 is 1.36 bits per heavy atom. The topological polar surface area (TPSA) is 139 Å². The van der Waals surface area contributed by atoms with Gasteiger partial charge in [0.05, 0.1) is 0 Å². The molecule has 2 rings (SSSR count). The molecule has 0 amide bonds. The molecule has 0 radical (unpaired) electrons. The van der Waals surface area contributed by atoms with Crippen LogP contribution in [-0.4, -0.2) is 25.2 Å². The van der Waals surface area contributed by atoms with Crippen molar-refractivity contribution in [2.45, 2.75) is 0 Å². The molecule has 9 nitrogen and oxygen atoms in total. The lowest BCUT2D eigenvalue weighted by molar-refractivity contribution is -0.441. The van der Waals surface area contributed by atoms with Crippen LogP contribution in [0.1, 0.15) is 0 Å². The van der Waals surface area contributed by atoms with Crippen molar-refractivity contribution in [1.29, 1.82) is 0 Å². The van der Waals surface area contributed by atoms with Gasteiger partial charge in [-0.1, -0.05) is 0 Å². The number of hydrogen-bond acceptors (Lipinski definition) is 7. The highest BCUT2D eigenvalue weighted by atomic mass is 17.5. The predicted octanol–water partition coefficient (Wildman–Crippen LogP) is -0.988. The van der Waals surface area contributed by atoms with Crippen molar-refractivity contribution < 1.29 is 15.2 Å². The van der Waals surface area contributed by atoms with Crippen molar-refractivity contribution in [3.63, 3.8) is 0 Å². The van der Waals surface area contributed by atoms with Gasteiger partial charge in [-0.25, -0.2) is 5.26 Å². The van der Waals surface area contributed by atoms with E-state index in [9.17, 15) is 4.79 Å². The third-order valence-electron chi connectivity index (χ3n) is 1.47. The van der Waals surface area contributed by atoms with Gasteiger partial charge < -0.3 is 5.73 Å². The summed E-state index contributed by atoms with van der Waals surface area (Å²) in [6, 6.07) is -0.203. The number of H-pyrrole nitrogens is 2. The molecule has 0 unspecified atom stereocenters. The molecule has 74 valence electrons. The van der Waals surface area contributed by atoms with E-state index in [0.29, 0.717) is 0 Å². The summed E-state index contributed by atoms with van der Waals surface area (Å²) in [6.45, 7) is 0. The van der Waals surface area contributed by atoms with E-state index in [1.165, 1.54) is 0 Å². The van der Waals surface area contributed by atoms with Crippen LogP contribution in [0, 0.1) is 0 Å². The minimum Gasteiger partial charge on any atom is -0.369 e. The standard InChI is InChI=1S/C5H5N5O4/c6-4-8-2-1(3(11)10-4)7-5(9-2)13-14-12/h12H,(H4,6,7,8,9,10,11). The molecule has 2 aromatic heterocycles. The van der Waals surface area contributed by atoms with Crippen LogP contribution in [0.3, 0.4) is 0 Å². The van der Waals surface area contributed by atoms with Crippen molar-refractivity contribution >= 4 is 17.1 Å². The van der Waals surface area contributed by atoms with Crippen molar-refractivity contribution in [3.05, 3.63) is 10.4 Å². The van der Waals surface area contributed by atoms with E-state index in [4.69, 9.17) is 11.0 Å². The number of nitrogens with zero attached hydrogens (tertiary/aromatic N) is 2. The second kappa shape index (κ2) is 2.97. The zero-order valence-corrected chi connectivity index (χ0v) is 6.64. The lowest BCUT2D eigenvalue weighted by atomic mass is 10.5. The van der Waals surface area contributed by atoms with E-state index in [0.717, 1.165) is 0 Å². The van der Waals surface area contributed by atoms with Gasteiger partial charge in [0.1, 0.15) is 0 Å². The molecule has 0 aliphatic rings. The Labute approximate surface area is 75.4 Å². The van der Waals surface area contributed by atoms with Crippen molar-refractivity contribution in [2.24, 2.45) is 0 Å². The van der Waals surface area contributed by atoms with E-state index >= 15 is 0 Å². The summed E-state index contributed by atoms with van der Waals surface area (Å²) in [4.78, 5) is 27.4. The number of anilines is 1. The number of hydrogen-bond donors (Lipinski definition) is 4. The summed E-state index contributed by atoms with van der Waals surface area (Å²) in [5, 5.41) is 11.3. The maximum Gasteiger partial charge on any atom is 0.337 e. The second-order valence-electron chi connectivity index (χ2n) is 2.35. The average molecular weight is 199 g/mol. The maximum absolute atomic E-state index is 11.2. The van der Waals surface area contributed by atoms with Crippen molar-refractivity contribution in [2.75, 3.05) is 5.73 Å². The summed E-state index contributed by atoms with van der Waals surface area (Å²) < 4.78 is 0. The van der Waals surface area contributed by atoms with E-state index in [1.54, 1.807) is 0 Å². The van der Waals surface area contributed by atoms with Gasteiger partial charge in [0.15, 0.2) is 11.2 Å². The largest absolute Gasteiger partial charge is 0.369 e. The van der Waals surface area contributed by atoms with Crippen LogP contribution in [-0.2, 0) is 5.04 Å². The number of fused-ring (bicyclic) bond motifs is 1. The molecule has 2 aromatic rings. The predicted molar refractivity (Wildman–Crippen MR) is 43.3 cm³/mol. The minimum absolute atomic E-state index is 0.0644. The Bertz CT molecular complexity index is 516. The second-order valence-corrected chi connectivity index (χ2v) is 2.35. The zero-order valence-electron chi connectivity index (χ0n) is 6.64. The number of nitrogens with one attached hydrogen (secondary N) is 2. The first-order valence-electron chi connectivity index (χ1n) is 3.44. The molecule has 5 N–H and O–H groups in total. The van der Waals surface area contributed by atoms with E-state index in [-0.39, 0.29) is 23.1 Å². The zero-order chi connectivity index (χ0) is 10.1. The molecule has 0 saturated carbocycles. The number of nitrogens with two attached hydrogens (primary N) is 1. The van der Waals surface area contributed by atoms with Crippen LogP contribution in [0.15, 0.2) is 4.79 Å². The molecule has 0 atom stereocenters. The molecule has 0 bridgehead atoms. The SMILES string of the molecule is Nc1nc2nc(OOO)[nH]c2c(=O)[nH]1. The van der Waals surface area contributed by atoms with E-state index < -0.39 is 5.56 Å². The molecule has 14 heavy (non-hydrogen) atoms. The fraction of sp³-hybridized carbons (Fsp3) is 0. The first-order valence-corrected chi connectivity index (χ1v) is 3.44. The minimum atomic E-state index is -0.493. The number of aromatic nitrogens is 4. The number of aromatic amines is 2. The van der Waals surface area contributed by atoms with Crippen LogP contribution >= 0.6 is 0 Å². The monoisotopic (exact) mass is 199 g/mol. The highest BCUT2D eigenvalue weighted by Crippen LogP contribution is 2.09. The van der Waals surface area contributed by atoms with Crippen molar-refractivity contribution in [3.8, 4) is 6.01 Å². The Morgan fingerprint density at radius 3 is 2.86 bits per heavy atom. The van der Waals surface area contributed by atoms with Crippen LogP contribution in [0.4, 0.5) is 5.95 Å². The maximum atomic E-state index is 11.2. The number of imidazole rings is 1. The van der Waals surface area contributed by atoms with Gasteiger partial charge in [-0.2, -0.15) is 9.97 Å². The summed E-state index contributed by atoms with van der Waals surface area (Å²) in [6.07, 6.45) is 0. The molecular formula is C5H5N5O4. The summed E-state index contributed by atoms with van der Waals surface area (Å²) in [5.74, 6) is -0.0644. The summed E-state index contributed by atoms with van der Waals surface area (Å²) >= 11 is 0. The van der Waals surface area contributed by atoms with E-state index in [1.807, 2.05) is 0 Å². The first-order chi connectivity index (χ1) is 6.70. The van der Waals surface area contributed by atoms with E-state index in [2.05, 4.69) is 29.9 Å². The fourth-order valence-corrected chi connectivity index (χ4v) is 0.978. The number of rotatable bonds is 2. The van der Waals surface area contributed by atoms with Crippen LogP contribution in [0.5, 0.6) is 6.01 Å². The lowest BCUT2D eigenvalue weighted by Crippen LogP contribution is -2.10. The molecule has 9 heteroatoms. The molecular weight excluding hydrogens is 194 g/mol.